The van der Waals surface area contributed by atoms with Crippen LogP contribution in [0.2, 0.25) is 0 Å². The molecule has 0 aliphatic carbocycles. The van der Waals surface area contributed by atoms with Crippen molar-refractivity contribution in [1.82, 2.24) is 5.32 Å². The molecule has 154 valence electrons. The molecule has 0 aliphatic rings. The molecule has 3 aromatic rings. The monoisotopic (exact) mass is 402 g/mol. The third-order valence-corrected chi connectivity index (χ3v) is 4.68. The van der Waals surface area contributed by atoms with E-state index in [0.717, 1.165) is 12.0 Å². The van der Waals surface area contributed by atoms with E-state index in [4.69, 9.17) is 4.74 Å². The van der Waals surface area contributed by atoms with E-state index in [2.05, 4.69) is 17.6 Å². The first kappa shape index (κ1) is 21.1. The summed E-state index contributed by atoms with van der Waals surface area (Å²) < 4.78 is 5.50. The summed E-state index contributed by atoms with van der Waals surface area (Å²) in [6.45, 7) is 1.92. The predicted molar refractivity (Wildman–Crippen MR) is 118 cm³/mol. The van der Waals surface area contributed by atoms with Gasteiger partial charge in [-0.15, -0.1) is 0 Å². The second-order valence-corrected chi connectivity index (χ2v) is 6.95. The maximum absolute atomic E-state index is 12.9. The van der Waals surface area contributed by atoms with Gasteiger partial charge in [0.2, 0.25) is 5.91 Å². The molecule has 0 spiro atoms. The van der Waals surface area contributed by atoms with Crippen LogP contribution in [0.3, 0.4) is 0 Å². The molecule has 0 saturated heterocycles. The van der Waals surface area contributed by atoms with E-state index in [0.29, 0.717) is 17.9 Å². The number of hydrogen-bond acceptors (Lipinski definition) is 3. The summed E-state index contributed by atoms with van der Waals surface area (Å²) in [6, 6.07) is 25.7. The molecule has 1 atom stereocenters. The summed E-state index contributed by atoms with van der Waals surface area (Å²) in [5, 5.41) is 5.70. The van der Waals surface area contributed by atoms with Gasteiger partial charge in [-0.3, -0.25) is 9.59 Å². The topological polar surface area (TPSA) is 67.4 Å². The van der Waals surface area contributed by atoms with E-state index in [1.807, 2.05) is 72.8 Å². The van der Waals surface area contributed by atoms with E-state index < -0.39 is 6.04 Å². The fourth-order valence-corrected chi connectivity index (χ4v) is 3.01. The molecular weight excluding hydrogens is 376 g/mol. The SMILES string of the molecule is CCc1ccc(NC(=O)C(Cc2ccccc2)NC(=O)COc2ccccc2)cc1. The standard InChI is InChI=1S/C25H26N2O3/c1-2-19-13-15-21(16-14-19)26-25(29)23(17-20-9-5-3-6-10-20)27-24(28)18-30-22-11-7-4-8-12-22/h3-16,23H,2,17-18H2,1H3,(H,26,29)(H,27,28). The van der Waals surface area contributed by atoms with Crippen LogP contribution in [0.1, 0.15) is 18.1 Å². The highest BCUT2D eigenvalue weighted by Gasteiger charge is 2.21. The van der Waals surface area contributed by atoms with Crippen molar-refractivity contribution in [3.63, 3.8) is 0 Å². The number of anilines is 1. The summed E-state index contributed by atoms with van der Waals surface area (Å²) in [4.78, 5) is 25.4. The van der Waals surface area contributed by atoms with Gasteiger partial charge >= 0.3 is 0 Å². The largest absolute Gasteiger partial charge is 0.484 e. The average Bonchev–Trinajstić information content (AvgIpc) is 2.79. The first-order valence-corrected chi connectivity index (χ1v) is 10.0. The number of rotatable bonds is 9. The molecule has 30 heavy (non-hydrogen) atoms. The molecule has 0 aliphatic heterocycles. The lowest BCUT2D eigenvalue weighted by atomic mass is 10.0. The lowest BCUT2D eigenvalue weighted by Gasteiger charge is -2.19. The molecule has 3 aromatic carbocycles. The molecule has 3 rings (SSSR count). The van der Waals surface area contributed by atoms with Crippen LogP contribution < -0.4 is 15.4 Å². The number of nitrogens with one attached hydrogen (secondary N) is 2. The van der Waals surface area contributed by atoms with Crippen molar-refractivity contribution in [2.75, 3.05) is 11.9 Å². The molecular formula is C25H26N2O3. The number of hydrogen-bond donors (Lipinski definition) is 2. The number of carbonyl (C=O) groups is 2. The van der Waals surface area contributed by atoms with Crippen molar-refractivity contribution in [3.8, 4) is 5.75 Å². The van der Waals surface area contributed by atoms with Gasteiger partial charge < -0.3 is 15.4 Å². The van der Waals surface area contributed by atoms with Crippen molar-refractivity contribution < 1.29 is 14.3 Å². The number of para-hydroxylation sites is 1. The van der Waals surface area contributed by atoms with Crippen LogP contribution in [0.5, 0.6) is 5.75 Å². The van der Waals surface area contributed by atoms with E-state index in [9.17, 15) is 9.59 Å². The predicted octanol–water partition coefficient (Wildman–Crippen LogP) is 3.99. The summed E-state index contributed by atoms with van der Waals surface area (Å²) >= 11 is 0. The van der Waals surface area contributed by atoms with Gasteiger partial charge in [-0.1, -0.05) is 67.6 Å². The fourth-order valence-electron chi connectivity index (χ4n) is 3.01. The van der Waals surface area contributed by atoms with Crippen molar-refractivity contribution in [1.29, 1.82) is 0 Å². The summed E-state index contributed by atoms with van der Waals surface area (Å²) in [5.74, 6) is -0.0137. The number of carbonyl (C=O) groups excluding carboxylic acids is 2. The van der Waals surface area contributed by atoms with Gasteiger partial charge in [0.15, 0.2) is 6.61 Å². The third kappa shape index (κ3) is 6.48. The van der Waals surface area contributed by atoms with Gasteiger partial charge in [-0.25, -0.2) is 0 Å². The first-order valence-electron chi connectivity index (χ1n) is 10.0. The zero-order chi connectivity index (χ0) is 21.2. The third-order valence-electron chi connectivity index (χ3n) is 4.68. The van der Waals surface area contributed by atoms with Crippen molar-refractivity contribution in [2.45, 2.75) is 25.8 Å². The molecule has 0 saturated carbocycles. The van der Waals surface area contributed by atoms with Gasteiger partial charge in [0.25, 0.3) is 5.91 Å². The van der Waals surface area contributed by atoms with Gasteiger partial charge in [0.1, 0.15) is 11.8 Å². The molecule has 0 fully saturated rings. The average molecular weight is 402 g/mol. The zero-order valence-electron chi connectivity index (χ0n) is 17.0. The lowest BCUT2D eigenvalue weighted by molar-refractivity contribution is -0.127. The maximum atomic E-state index is 12.9. The molecule has 0 bridgehead atoms. The molecule has 0 radical (unpaired) electrons. The second kappa shape index (κ2) is 10.8. The minimum Gasteiger partial charge on any atom is -0.484 e. The van der Waals surface area contributed by atoms with E-state index in [1.54, 1.807) is 12.1 Å². The van der Waals surface area contributed by atoms with Crippen LogP contribution in [-0.4, -0.2) is 24.5 Å². The minimum absolute atomic E-state index is 0.159. The van der Waals surface area contributed by atoms with Crippen molar-refractivity contribution in [3.05, 3.63) is 96.1 Å². The van der Waals surface area contributed by atoms with Gasteiger partial charge in [0, 0.05) is 12.1 Å². The Hall–Kier alpha value is -3.60. The summed E-state index contributed by atoms with van der Waals surface area (Å²) in [5.41, 5.74) is 2.86. The Morgan fingerprint density at radius 3 is 2.10 bits per heavy atom. The van der Waals surface area contributed by atoms with Crippen LogP contribution in [-0.2, 0) is 22.4 Å². The summed E-state index contributed by atoms with van der Waals surface area (Å²) in [7, 11) is 0. The van der Waals surface area contributed by atoms with Gasteiger partial charge in [-0.2, -0.15) is 0 Å². The van der Waals surface area contributed by atoms with Crippen LogP contribution in [0, 0.1) is 0 Å². The highest BCUT2D eigenvalue weighted by atomic mass is 16.5. The Labute approximate surface area is 177 Å². The summed E-state index contributed by atoms with van der Waals surface area (Å²) in [6.07, 6.45) is 1.32. The molecule has 5 heteroatoms. The zero-order valence-corrected chi connectivity index (χ0v) is 17.0. The van der Waals surface area contributed by atoms with Crippen molar-refractivity contribution >= 4 is 17.5 Å². The van der Waals surface area contributed by atoms with Gasteiger partial charge in [0.05, 0.1) is 0 Å². The normalized spacial score (nSPS) is 11.4. The highest BCUT2D eigenvalue weighted by Crippen LogP contribution is 2.12. The molecule has 0 aromatic heterocycles. The lowest BCUT2D eigenvalue weighted by Crippen LogP contribution is -2.46. The number of ether oxygens (including phenoxy) is 1. The first-order chi connectivity index (χ1) is 14.6. The second-order valence-electron chi connectivity index (χ2n) is 6.95. The minimum atomic E-state index is -0.717. The Kier molecular flexibility index (Phi) is 7.61. The van der Waals surface area contributed by atoms with Crippen molar-refractivity contribution in [2.24, 2.45) is 0 Å². The smallest absolute Gasteiger partial charge is 0.258 e. The quantitative estimate of drug-likeness (QED) is 0.569. The highest BCUT2D eigenvalue weighted by molar-refractivity contribution is 5.97. The molecule has 2 N–H and O–H groups in total. The van der Waals surface area contributed by atoms with E-state index in [1.165, 1.54) is 5.56 Å². The maximum Gasteiger partial charge on any atom is 0.258 e. The van der Waals surface area contributed by atoms with Gasteiger partial charge in [-0.05, 0) is 41.8 Å². The Morgan fingerprint density at radius 2 is 1.47 bits per heavy atom. The molecule has 5 nitrogen and oxygen atoms in total. The van der Waals surface area contributed by atoms with Crippen LogP contribution in [0.25, 0.3) is 0 Å². The van der Waals surface area contributed by atoms with Crippen LogP contribution in [0.4, 0.5) is 5.69 Å². The van der Waals surface area contributed by atoms with E-state index in [-0.39, 0.29) is 18.4 Å². The Balaban J connectivity index is 1.65. The van der Waals surface area contributed by atoms with E-state index >= 15 is 0 Å². The molecule has 2 amide bonds. The number of aryl methyl sites for hydroxylation is 1. The fraction of sp³-hybridized carbons (Fsp3) is 0.200. The molecule has 1 unspecified atom stereocenters. The van der Waals surface area contributed by atoms with Crippen LogP contribution in [0.15, 0.2) is 84.9 Å². The molecule has 0 heterocycles. The Bertz CT molecular complexity index is 941. The number of amides is 2. The number of benzene rings is 3. The van der Waals surface area contributed by atoms with Crippen LogP contribution >= 0.6 is 0 Å². The Morgan fingerprint density at radius 1 is 0.833 bits per heavy atom.